The summed E-state index contributed by atoms with van der Waals surface area (Å²) >= 11 is 1.70. The lowest BCUT2D eigenvalue weighted by Gasteiger charge is -2.33. The second-order valence-corrected chi connectivity index (χ2v) is 8.16. The molecule has 0 saturated heterocycles. The van der Waals surface area contributed by atoms with E-state index < -0.39 is 6.10 Å². The van der Waals surface area contributed by atoms with Gasteiger partial charge >= 0.3 is 0 Å². The Morgan fingerprint density at radius 3 is 2.62 bits per heavy atom. The number of nitrogens with zero attached hydrogens (tertiary/aromatic N) is 1. The Morgan fingerprint density at radius 2 is 1.95 bits per heavy atom. The van der Waals surface area contributed by atoms with Crippen molar-refractivity contribution in [1.29, 1.82) is 0 Å². The van der Waals surface area contributed by atoms with E-state index in [0.29, 0.717) is 11.3 Å². The molecule has 0 fully saturated rings. The van der Waals surface area contributed by atoms with Gasteiger partial charge in [0.1, 0.15) is 11.1 Å². The summed E-state index contributed by atoms with van der Waals surface area (Å²) < 4.78 is 0. The molecule has 0 spiro atoms. The minimum absolute atomic E-state index is 0.347. The number of aliphatic hydroxyl groups is 1. The normalized spacial score (nSPS) is 20.1. The van der Waals surface area contributed by atoms with Crippen LogP contribution in [0.5, 0.6) is 0 Å². The van der Waals surface area contributed by atoms with Crippen molar-refractivity contribution in [3.05, 3.63) is 51.5 Å². The third kappa shape index (κ3) is 3.04. The topological polar surface area (TPSA) is 33.1 Å². The number of hydrogen-bond donors (Lipinski definition) is 1. The molecule has 1 aromatic heterocycles. The maximum Gasteiger partial charge on any atom is 0.131 e. The van der Waals surface area contributed by atoms with Crippen LogP contribution in [-0.2, 0) is 12.8 Å². The van der Waals surface area contributed by atoms with Gasteiger partial charge in [0.25, 0.3) is 0 Å². The van der Waals surface area contributed by atoms with E-state index in [0.717, 1.165) is 23.4 Å². The molecule has 0 bridgehead atoms. The zero-order chi connectivity index (χ0) is 15.0. The molecule has 0 amide bonds. The van der Waals surface area contributed by atoms with Crippen molar-refractivity contribution in [3.63, 3.8) is 0 Å². The molecule has 2 nitrogen and oxygen atoms in total. The lowest BCUT2D eigenvalue weighted by molar-refractivity contribution is 0.214. The van der Waals surface area contributed by atoms with E-state index in [-0.39, 0.29) is 0 Å². The average molecular weight is 301 g/mol. The first-order valence-corrected chi connectivity index (χ1v) is 8.48. The average Bonchev–Trinajstić information content (AvgIpc) is 2.89. The van der Waals surface area contributed by atoms with Crippen molar-refractivity contribution in [1.82, 2.24) is 4.98 Å². The SMILES string of the molecule is CC(C)(C)C1CCc2nc(C(O)c3ccccc3)sc2C1. The van der Waals surface area contributed by atoms with E-state index in [9.17, 15) is 5.11 Å². The van der Waals surface area contributed by atoms with Crippen molar-refractivity contribution < 1.29 is 5.11 Å². The van der Waals surface area contributed by atoms with Gasteiger partial charge in [-0.1, -0.05) is 51.1 Å². The van der Waals surface area contributed by atoms with Gasteiger partial charge in [0.05, 0.1) is 5.69 Å². The summed E-state index contributed by atoms with van der Waals surface area (Å²) in [6.07, 6.45) is 2.78. The van der Waals surface area contributed by atoms with Crippen molar-refractivity contribution >= 4 is 11.3 Å². The Hall–Kier alpha value is -1.19. The van der Waals surface area contributed by atoms with Crippen molar-refractivity contribution in [2.24, 2.45) is 11.3 Å². The van der Waals surface area contributed by atoms with Gasteiger partial charge in [-0.05, 0) is 36.2 Å². The van der Waals surface area contributed by atoms with E-state index in [1.807, 2.05) is 30.3 Å². The second-order valence-electron chi connectivity index (χ2n) is 7.04. The van der Waals surface area contributed by atoms with Crippen LogP contribution in [0.2, 0.25) is 0 Å². The highest BCUT2D eigenvalue weighted by Gasteiger charge is 2.31. The summed E-state index contributed by atoms with van der Waals surface area (Å²) in [6.45, 7) is 6.97. The van der Waals surface area contributed by atoms with E-state index in [2.05, 4.69) is 20.8 Å². The zero-order valence-electron chi connectivity index (χ0n) is 13.0. The van der Waals surface area contributed by atoms with E-state index >= 15 is 0 Å². The molecule has 2 atom stereocenters. The lowest BCUT2D eigenvalue weighted by atomic mass is 9.73. The number of fused-ring (bicyclic) bond motifs is 1. The molecule has 3 heteroatoms. The van der Waals surface area contributed by atoms with Crippen LogP contribution < -0.4 is 0 Å². The molecule has 0 saturated carbocycles. The molecule has 112 valence electrons. The number of hydrogen-bond acceptors (Lipinski definition) is 3. The zero-order valence-corrected chi connectivity index (χ0v) is 13.8. The fourth-order valence-electron chi connectivity index (χ4n) is 3.03. The van der Waals surface area contributed by atoms with Gasteiger partial charge in [0.2, 0.25) is 0 Å². The van der Waals surface area contributed by atoms with Crippen LogP contribution in [0, 0.1) is 11.3 Å². The minimum Gasteiger partial charge on any atom is -0.381 e. The molecule has 21 heavy (non-hydrogen) atoms. The Bertz CT molecular complexity index is 612. The molecule has 1 aromatic carbocycles. The first-order valence-electron chi connectivity index (χ1n) is 7.66. The van der Waals surface area contributed by atoms with Gasteiger partial charge in [0, 0.05) is 4.88 Å². The Morgan fingerprint density at radius 1 is 1.24 bits per heavy atom. The van der Waals surface area contributed by atoms with Crippen LogP contribution in [0.15, 0.2) is 30.3 Å². The number of aliphatic hydroxyl groups excluding tert-OH is 1. The Labute approximate surface area is 130 Å². The second kappa shape index (κ2) is 5.54. The number of aromatic nitrogens is 1. The molecular formula is C18H23NOS. The predicted octanol–water partition coefficient (Wildman–Crippen LogP) is 4.38. The quantitative estimate of drug-likeness (QED) is 0.893. The maximum absolute atomic E-state index is 10.5. The summed E-state index contributed by atoms with van der Waals surface area (Å²) in [5, 5.41) is 11.4. The third-order valence-corrected chi connectivity index (χ3v) is 5.70. The lowest BCUT2D eigenvalue weighted by Crippen LogP contribution is -2.26. The molecule has 3 rings (SSSR count). The van der Waals surface area contributed by atoms with E-state index in [1.165, 1.54) is 17.0 Å². The highest BCUT2D eigenvalue weighted by atomic mass is 32.1. The molecule has 2 unspecified atom stereocenters. The summed E-state index contributed by atoms with van der Waals surface area (Å²) in [5.74, 6) is 0.715. The predicted molar refractivity (Wildman–Crippen MR) is 87.6 cm³/mol. The number of aryl methyl sites for hydroxylation is 1. The van der Waals surface area contributed by atoms with E-state index in [4.69, 9.17) is 4.98 Å². The first kappa shape index (κ1) is 14.7. The number of thiazole rings is 1. The van der Waals surface area contributed by atoms with Gasteiger partial charge < -0.3 is 5.11 Å². The van der Waals surface area contributed by atoms with Gasteiger partial charge in [-0.2, -0.15) is 0 Å². The molecule has 1 aliphatic rings. The Kier molecular flexibility index (Phi) is 3.89. The van der Waals surface area contributed by atoms with Crippen molar-refractivity contribution in [3.8, 4) is 0 Å². The summed E-state index contributed by atoms with van der Waals surface area (Å²) in [7, 11) is 0. The first-order chi connectivity index (χ1) is 9.95. The van der Waals surface area contributed by atoms with Crippen LogP contribution in [0.3, 0.4) is 0 Å². The fourth-order valence-corrected chi connectivity index (χ4v) is 4.24. The van der Waals surface area contributed by atoms with Gasteiger partial charge in [0.15, 0.2) is 0 Å². The fraction of sp³-hybridized carbons (Fsp3) is 0.500. The van der Waals surface area contributed by atoms with Crippen LogP contribution >= 0.6 is 11.3 Å². The summed E-state index contributed by atoms with van der Waals surface area (Å²) in [5.41, 5.74) is 2.49. The Balaban J connectivity index is 1.84. The highest BCUT2D eigenvalue weighted by Crippen LogP contribution is 2.40. The maximum atomic E-state index is 10.5. The van der Waals surface area contributed by atoms with Crippen LogP contribution in [-0.4, -0.2) is 10.1 Å². The molecule has 1 heterocycles. The van der Waals surface area contributed by atoms with Gasteiger partial charge in [-0.3, -0.25) is 0 Å². The molecular weight excluding hydrogens is 278 g/mol. The minimum atomic E-state index is -0.588. The monoisotopic (exact) mass is 301 g/mol. The smallest absolute Gasteiger partial charge is 0.131 e. The summed E-state index contributed by atoms with van der Waals surface area (Å²) in [6, 6.07) is 9.81. The van der Waals surface area contributed by atoms with Crippen LogP contribution in [0.4, 0.5) is 0 Å². The van der Waals surface area contributed by atoms with Crippen molar-refractivity contribution in [2.45, 2.75) is 46.1 Å². The third-order valence-electron chi connectivity index (χ3n) is 4.53. The molecule has 1 N–H and O–H groups in total. The van der Waals surface area contributed by atoms with Gasteiger partial charge in [-0.15, -0.1) is 11.3 Å². The van der Waals surface area contributed by atoms with Crippen LogP contribution in [0.1, 0.15) is 54.4 Å². The van der Waals surface area contributed by atoms with E-state index in [1.54, 1.807) is 11.3 Å². The van der Waals surface area contributed by atoms with Crippen molar-refractivity contribution in [2.75, 3.05) is 0 Å². The highest BCUT2D eigenvalue weighted by molar-refractivity contribution is 7.11. The summed E-state index contributed by atoms with van der Waals surface area (Å²) in [4.78, 5) is 6.09. The standard InChI is InChI=1S/C18H23NOS/c1-18(2,3)13-9-10-14-15(11-13)21-17(19-14)16(20)12-7-5-4-6-8-12/h4-8,13,16,20H,9-11H2,1-3H3. The molecule has 0 aliphatic heterocycles. The molecule has 1 aliphatic carbocycles. The van der Waals surface area contributed by atoms with Gasteiger partial charge in [-0.25, -0.2) is 4.98 Å². The molecule has 2 aromatic rings. The number of rotatable bonds is 2. The number of benzene rings is 1. The molecule has 0 radical (unpaired) electrons. The van der Waals surface area contributed by atoms with Crippen LogP contribution in [0.25, 0.3) is 0 Å². The largest absolute Gasteiger partial charge is 0.381 e.